The molecule has 0 saturated heterocycles. The van der Waals surface area contributed by atoms with E-state index in [4.69, 9.17) is 10.3 Å². The summed E-state index contributed by atoms with van der Waals surface area (Å²) >= 11 is 8.51. The van der Waals surface area contributed by atoms with E-state index in [1.807, 2.05) is 6.07 Å². The molecular formula is C14H17Br2N3OS. The molecule has 7 heteroatoms. The number of thiophene rings is 1. The summed E-state index contributed by atoms with van der Waals surface area (Å²) < 4.78 is 7.43. The Morgan fingerprint density at radius 2 is 2.14 bits per heavy atom. The smallest absolute Gasteiger partial charge is 0.268 e. The summed E-state index contributed by atoms with van der Waals surface area (Å²) in [6, 6.07) is 1.98. The van der Waals surface area contributed by atoms with E-state index in [0.29, 0.717) is 11.7 Å². The molecule has 1 aliphatic rings. The highest BCUT2D eigenvalue weighted by molar-refractivity contribution is 9.13. The molecule has 0 aromatic carbocycles. The molecule has 2 N–H and O–H groups in total. The number of aromatic nitrogens is 2. The predicted octanol–water partition coefficient (Wildman–Crippen LogP) is 5.08. The van der Waals surface area contributed by atoms with Crippen molar-refractivity contribution in [1.82, 2.24) is 10.1 Å². The van der Waals surface area contributed by atoms with Gasteiger partial charge in [0, 0.05) is 4.47 Å². The molecule has 0 atom stereocenters. The van der Waals surface area contributed by atoms with Gasteiger partial charge in [0.15, 0.2) is 5.82 Å². The van der Waals surface area contributed by atoms with Gasteiger partial charge < -0.3 is 10.3 Å². The van der Waals surface area contributed by atoms with Gasteiger partial charge in [-0.1, -0.05) is 18.5 Å². The van der Waals surface area contributed by atoms with Crippen molar-refractivity contribution in [2.75, 3.05) is 0 Å². The normalized spacial score (nSPS) is 26.2. The minimum atomic E-state index is -0.431. The average molecular weight is 435 g/mol. The fourth-order valence-electron chi connectivity index (χ4n) is 2.80. The average Bonchev–Trinajstić information content (AvgIpc) is 3.08. The van der Waals surface area contributed by atoms with E-state index < -0.39 is 5.54 Å². The van der Waals surface area contributed by atoms with E-state index in [1.165, 1.54) is 6.42 Å². The molecule has 0 amide bonds. The van der Waals surface area contributed by atoms with Crippen LogP contribution in [0.3, 0.4) is 0 Å². The number of nitrogens with two attached hydrogens (primary N) is 1. The third kappa shape index (κ3) is 3.11. The quantitative estimate of drug-likeness (QED) is 0.731. The largest absolute Gasteiger partial charge is 0.333 e. The highest BCUT2D eigenvalue weighted by atomic mass is 79.9. The highest BCUT2D eigenvalue weighted by Gasteiger charge is 2.37. The summed E-state index contributed by atoms with van der Waals surface area (Å²) in [5.74, 6) is 1.98. The maximum absolute atomic E-state index is 6.52. The fraction of sp³-hybridized carbons (Fsp3) is 0.571. The Balaban J connectivity index is 1.81. The van der Waals surface area contributed by atoms with Gasteiger partial charge in [-0.3, -0.25) is 0 Å². The van der Waals surface area contributed by atoms with Gasteiger partial charge in [0.25, 0.3) is 5.89 Å². The van der Waals surface area contributed by atoms with Crippen LogP contribution in [-0.4, -0.2) is 10.1 Å². The van der Waals surface area contributed by atoms with Gasteiger partial charge in [-0.15, -0.1) is 11.3 Å². The zero-order valence-electron chi connectivity index (χ0n) is 11.7. The van der Waals surface area contributed by atoms with Crippen LogP contribution < -0.4 is 5.73 Å². The third-order valence-electron chi connectivity index (χ3n) is 4.30. The summed E-state index contributed by atoms with van der Waals surface area (Å²) in [5, 5.41) is 4.14. The predicted molar refractivity (Wildman–Crippen MR) is 91.1 cm³/mol. The Bertz CT molecular complexity index is 612. The van der Waals surface area contributed by atoms with Crippen molar-refractivity contribution in [3.05, 3.63) is 20.1 Å². The Hall–Kier alpha value is -0.240. The molecule has 21 heavy (non-hydrogen) atoms. The molecule has 0 aliphatic heterocycles. The summed E-state index contributed by atoms with van der Waals surface area (Å²) in [6.45, 7) is 2.24. The second-order valence-corrected chi connectivity index (χ2v) is 8.89. The van der Waals surface area contributed by atoms with Gasteiger partial charge >= 0.3 is 0 Å². The fourth-order valence-corrected chi connectivity index (χ4v) is 4.76. The van der Waals surface area contributed by atoms with Crippen LogP contribution in [0.1, 0.15) is 44.9 Å². The molecule has 3 rings (SSSR count). The van der Waals surface area contributed by atoms with Crippen LogP contribution in [-0.2, 0) is 5.54 Å². The minimum Gasteiger partial charge on any atom is -0.333 e. The van der Waals surface area contributed by atoms with Crippen molar-refractivity contribution in [3.8, 4) is 10.8 Å². The zero-order valence-corrected chi connectivity index (χ0v) is 15.7. The van der Waals surface area contributed by atoms with E-state index in [-0.39, 0.29) is 0 Å². The van der Waals surface area contributed by atoms with E-state index in [2.05, 4.69) is 48.9 Å². The lowest BCUT2D eigenvalue weighted by Crippen LogP contribution is -2.41. The van der Waals surface area contributed by atoms with Crippen LogP contribution in [0.15, 0.2) is 18.8 Å². The molecule has 1 fully saturated rings. The first-order valence-corrected chi connectivity index (χ1v) is 9.50. The topological polar surface area (TPSA) is 64.9 Å². The molecule has 1 aliphatic carbocycles. The first kappa shape index (κ1) is 15.6. The Kier molecular flexibility index (Phi) is 4.55. The summed E-state index contributed by atoms with van der Waals surface area (Å²) in [6.07, 6.45) is 5.38. The standard InChI is InChI=1S/C14H17Br2N3OS/c1-2-8-3-5-14(17,6-4-8)13-18-12(20-19-13)10-7-9(15)11(16)21-10/h7-8H,2-6,17H2,1H3. The van der Waals surface area contributed by atoms with Crippen molar-refractivity contribution >= 4 is 43.2 Å². The van der Waals surface area contributed by atoms with Gasteiger partial charge in [0.1, 0.15) is 0 Å². The molecule has 2 aromatic rings. The van der Waals surface area contributed by atoms with Crippen molar-refractivity contribution in [1.29, 1.82) is 0 Å². The zero-order chi connectivity index (χ0) is 15.0. The second kappa shape index (κ2) is 6.10. The van der Waals surface area contributed by atoms with E-state index in [0.717, 1.165) is 44.7 Å². The molecule has 2 aromatic heterocycles. The lowest BCUT2D eigenvalue weighted by molar-refractivity contribution is 0.216. The summed E-state index contributed by atoms with van der Waals surface area (Å²) in [4.78, 5) is 5.49. The van der Waals surface area contributed by atoms with Crippen molar-refractivity contribution in [3.63, 3.8) is 0 Å². The maximum atomic E-state index is 6.52. The molecule has 114 valence electrons. The van der Waals surface area contributed by atoms with Crippen LogP contribution in [0, 0.1) is 5.92 Å². The lowest BCUT2D eigenvalue weighted by Gasteiger charge is -2.34. The highest BCUT2D eigenvalue weighted by Crippen LogP contribution is 2.40. The van der Waals surface area contributed by atoms with Crippen molar-refractivity contribution in [2.45, 2.75) is 44.6 Å². The van der Waals surface area contributed by atoms with Gasteiger partial charge in [0.2, 0.25) is 0 Å². The molecule has 0 spiro atoms. The summed E-state index contributed by atoms with van der Waals surface area (Å²) in [5.41, 5.74) is 6.09. The lowest BCUT2D eigenvalue weighted by atomic mass is 9.76. The number of halogens is 2. The molecule has 0 unspecified atom stereocenters. The molecule has 1 saturated carbocycles. The summed E-state index contributed by atoms with van der Waals surface area (Å²) in [7, 11) is 0. The van der Waals surface area contributed by atoms with Crippen molar-refractivity contribution in [2.24, 2.45) is 11.7 Å². The van der Waals surface area contributed by atoms with E-state index in [9.17, 15) is 0 Å². The van der Waals surface area contributed by atoms with Crippen LogP contribution in [0.4, 0.5) is 0 Å². The Morgan fingerprint density at radius 1 is 1.43 bits per heavy atom. The molecule has 0 bridgehead atoms. The van der Waals surface area contributed by atoms with Crippen LogP contribution in [0.5, 0.6) is 0 Å². The van der Waals surface area contributed by atoms with Gasteiger partial charge in [-0.2, -0.15) is 4.98 Å². The Labute approximate surface area is 144 Å². The second-order valence-electron chi connectivity index (χ2n) is 5.66. The molecule has 2 heterocycles. The molecule has 4 nitrogen and oxygen atoms in total. The monoisotopic (exact) mass is 433 g/mol. The Morgan fingerprint density at radius 3 is 2.71 bits per heavy atom. The number of rotatable bonds is 3. The SMILES string of the molecule is CCC1CCC(N)(c2noc(-c3cc(Br)c(Br)s3)n2)CC1. The van der Waals surface area contributed by atoms with Gasteiger partial charge in [-0.05, 0) is 69.5 Å². The number of hydrogen-bond donors (Lipinski definition) is 1. The number of nitrogens with zero attached hydrogens (tertiary/aromatic N) is 2. The first-order valence-electron chi connectivity index (χ1n) is 7.10. The van der Waals surface area contributed by atoms with E-state index >= 15 is 0 Å². The van der Waals surface area contributed by atoms with Crippen LogP contribution in [0.25, 0.3) is 10.8 Å². The maximum Gasteiger partial charge on any atom is 0.268 e. The van der Waals surface area contributed by atoms with Gasteiger partial charge in [-0.25, -0.2) is 0 Å². The van der Waals surface area contributed by atoms with E-state index in [1.54, 1.807) is 11.3 Å². The van der Waals surface area contributed by atoms with Crippen LogP contribution >= 0.6 is 43.2 Å². The third-order valence-corrected chi connectivity index (χ3v) is 7.55. The first-order chi connectivity index (χ1) is 10.0. The van der Waals surface area contributed by atoms with Crippen LogP contribution in [0.2, 0.25) is 0 Å². The van der Waals surface area contributed by atoms with Crippen molar-refractivity contribution < 1.29 is 4.52 Å². The van der Waals surface area contributed by atoms with Gasteiger partial charge in [0.05, 0.1) is 14.2 Å². The number of hydrogen-bond acceptors (Lipinski definition) is 5. The molecule has 0 radical (unpaired) electrons. The minimum absolute atomic E-state index is 0.431. The molecular weight excluding hydrogens is 418 g/mol.